The monoisotopic (exact) mass is 481 g/mol. The van der Waals surface area contributed by atoms with Crippen LogP contribution in [-0.4, -0.2) is 31.9 Å². The molecular weight excluding hydrogens is 462 g/mol. The van der Waals surface area contributed by atoms with Crippen molar-refractivity contribution >= 4 is 15.8 Å². The van der Waals surface area contributed by atoms with Gasteiger partial charge in [-0.25, -0.2) is 8.42 Å². The smallest absolute Gasteiger partial charge is 0.416 e. The number of sulfonamides is 1. The van der Waals surface area contributed by atoms with Crippen LogP contribution in [0.25, 0.3) is 0 Å². The van der Waals surface area contributed by atoms with Crippen molar-refractivity contribution < 1.29 is 30.7 Å². The van der Waals surface area contributed by atoms with Crippen LogP contribution in [0.2, 0.25) is 0 Å². The molecule has 2 aromatic carbocycles. The Labute approximate surface area is 187 Å². The number of hydrogen-bond acceptors (Lipinski definition) is 5. The number of halogens is 4. The van der Waals surface area contributed by atoms with Gasteiger partial charge in [0, 0.05) is 30.2 Å². The second-order valence-electron chi connectivity index (χ2n) is 7.45. The fraction of sp³-hybridized carbons (Fsp3) is 0.273. The number of hydrogen-bond donors (Lipinski definition) is 1. The normalized spacial score (nSPS) is 16.1. The third kappa shape index (κ3) is 4.92. The van der Waals surface area contributed by atoms with Gasteiger partial charge in [-0.15, -0.1) is 5.10 Å². The summed E-state index contributed by atoms with van der Waals surface area (Å²) in [5.74, 6) is -0.00344. The van der Waals surface area contributed by atoms with Crippen molar-refractivity contribution in [1.82, 2.24) is 10.2 Å². The maximum absolute atomic E-state index is 13.1. The van der Waals surface area contributed by atoms with Crippen LogP contribution in [0, 0.1) is 0 Å². The van der Waals surface area contributed by atoms with Crippen molar-refractivity contribution in [2.45, 2.75) is 29.8 Å². The fourth-order valence-electron chi connectivity index (χ4n) is 3.85. The maximum atomic E-state index is 13.1. The minimum Gasteiger partial charge on any atom is -0.493 e. The molecule has 174 valence electrons. The summed E-state index contributed by atoms with van der Waals surface area (Å²) in [5.41, 5.74) is 0.628. The zero-order valence-electron chi connectivity index (χ0n) is 17.1. The summed E-state index contributed by atoms with van der Waals surface area (Å²) in [5, 5.41) is 7.32. The lowest BCUT2D eigenvalue weighted by Crippen LogP contribution is -2.19. The molecule has 6 nitrogen and oxygen atoms in total. The van der Waals surface area contributed by atoms with E-state index in [0.717, 1.165) is 12.1 Å². The quantitative estimate of drug-likeness (QED) is 0.515. The Hall–Kier alpha value is -3.21. The molecule has 4 rings (SSSR count). The minimum absolute atomic E-state index is 0.0506. The van der Waals surface area contributed by atoms with Gasteiger partial charge >= 0.3 is 6.18 Å². The van der Waals surface area contributed by atoms with Crippen LogP contribution in [0.5, 0.6) is 5.75 Å². The van der Waals surface area contributed by atoms with Crippen molar-refractivity contribution in [1.29, 1.82) is 0 Å². The first-order valence-corrected chi connectivity index (χ1v) is 11.5. The predicted molar refractivity (Wildman–Crippen MR) is 112 cm³/mol. The molecule has 0 aliphatic carbocycles. The molecule has 3 aromatic rings. The average molecular weight is 481 g/mol. The fourth-order valence-corrected chi connectivity index (χ4v) is 4.86. The molecule has 1 aliphatic rings. The first-order valence-electron chi connectivity index (χ1n) is 10.0. The van der Waals surface area contributed by atoms with Crippen LogP contribution in [0.1, 0.15) is 34.6 Å². The van der Waals surface area contributed by atoms with Crippen LogP contribution in [0.4, 0.5) is 23.4 Å². The summed E-state index contributed by atoms with van der Waals surface area (Å²) >= 11 is 0. The summed E-state index contributed by atoms with van der Waals surface area (Å²) in [4.78, 5) is -0.0658. The minimum atomic E-state index is -4.53. The molecule has 0 fully saturated rings. The molecule has 33 heavy (non-hydrogen) atoms. The first kappa shape index (κ1) is 23.0. The van der Waals surface area contributed by atoms with Gasteiger partial charge < -0.3 is 4.74 Å². The molecular formula is C22H19F4N3O3S. The van der Waals surface area contributed by atoms with Gasteiger partial charge in [-0.1, -0.05) is 12.1 Å². The van der Waals surface area contributed by atoms with Crippen LogP contribution in [0.3, 0.4) is 0 Å². The second-order valence-corrected chi connectivity index (χ2v) is 9.14. The molecule has 0 amide bonds. The van der Waals surface area contributed by atoms with Gasteiger partial charge in [0.2, 0.25) is 0 Å². The van der Waals surface area contributed by atoms with Crippen molar-refractivity contribution in [3.63, 3.8) is 0 Å². The highest BCUT2D eigenvalue weighted by atomic mass is 32.2. The number of rotatable bonds is 6. The van der Waals surface area contributed by atoms with Gasteiger partial charge in [-0.3, -0.25) is 9.11 Å². The maximum Gasteiger partial charge on any atom is 0.416 e. The van der Waals surface area contributed by atoms with Crippen molar-refractivity contribution in [3.8, 4) is 5.75 Å². The number of nitrogens with zero attached hydrogens (tertiary/aromatic N) is 2. The number of alkyl halides is 4. The highest BCUT2D eigenvalue weighted by molar-refractivity contribution is 7.92. The van der Waals surface area contributed by atoms with Gasteiger partial charge in [0.25, 0.3) is 10.0 Å². The van der Waals surface area contributed by atoms with Crippen LogP contribution < -0.4 is 9.46 Å². The summed E-state index contributed by atoms with van der Waals surface area (Å²) in [6.45, 7) is -0.565. The Morgan fingerprint density at radius 1 is 1.09 bits per heavy atom. The summed E-state index contributed by atoms with van der Waals surface area (Å²) in [6.07, 6.45) is -2.82. The van der Waals surface area contributed by atoms with Crippen molar-refractivity contribution in [2.24, 2.45) is 0 Å². The lowest BCUT2D eigenvalue weighted by molar-refractivity contribution is -0.137. The molecule has 0 saturated heterocycles. The van der Waals surface area contributed by atoms with Crippen LogP contribution in [-0.2, 0) is 22.6 Å². The molecule has 1 N–H and O–H groups in total. The van der Waals surface area contributed by atoms with E-state index in [1.54, 1.807) is 6.07 Å². The van der Waals surface area contributed by atoms with Crippen LogP contribution in [0.15, 0.2) is 59.6 Å². The van der Waals surface area contributed by atoms with Gasteiger partial charge in [0.05, 0.1) is 23.7 Å². The van der Waals surface area contributed by atoms with Gasteiger partial charge in [-0.2, -0.15) is 18.3 Å². The zero-order valence-corrected chi connectivity index (χ0v) is 18.0. The molecule has 0 radical (unpaired) electrons. The van der Waals surface area contributed by atoms with E-state index in [0.29, 0.717) is 23.3 Å². The Bertz CT molecular complexity index is 1250. The number of aryl methyl sites for hydroxylation is 1. The van der Waals surface area contributed by atoms with Gasteiger partial charge in [-0.05, 0) is 47.9 Å². The van der Waals surface area contributed by atoms with E-state index < -0.39 is 28.4 Å². The zero-order chi connectivity index (χ0) is 23.6. The Kier molecular flexibility index (Phi) is 6.24. The lowest BCUT2D eigenvalue weighted by atomic mass is 9.83. The third-order valence-electron chi connectivity index (χ3n) is 5.36. The SMILES string of the molecule is O=S(=O)(Nc1cccnn1)c1ccc2c(c1)OCCC2c1ccc(C(F)(F)F)cc1CCF. The Morgan fingerprint density at radius 3 is 2.58 bits per heavy atom. The molecule has 0 bridgehead atoms. The number of benzene rings is 2. The largest absolute Gasteiger partial charge is 0.493 e. The number of aromatic nitrogens is 2. The second kappa shape index (κ2) is 8.97. The molecule has 1 atom stereocenters. The van der Waals surface area contributed by atoms with Gasteiger partial charge in [0.15, 0.2) is 5.82 Å². The van der Waals surface area contributed by atoms with E-state index in [-0.39, 0.29) is 35.2 Å². The van der Waals surface area contributed by atoms with E-state index >= 15 is 0 Å². The molecule has 1 aliphatic heterocycles. The molecule has 0 saturated carbocycles. The number of nitrogens with one attached hydrogen (secondary N) is 1. The standard InChI is InChI=1S/C22H19F4N3O3S/c23-9-7-14-12-15(22(24,25)26)3-5-17(14)18-8-11-32-20-13-16(4-6-19(18)20)33(30,31)29-21-2-1-10-27-28-21/h1-6,10,12-13,18H,7-9,11H2,(H,28,29). The number of fused-ring (bicyclic) bond motifs is 1. The van der Waals surface area contributed by atoms with Crippen molar-refractivity contribution in [3.05, 3.63) is 77.0 Å². The Balaban J connectivity index is 1.69. The van der Waals surface area contributed by atoms with Crippen molar-refractivity contribution in [2.75, 3.05) is 18.0 Å². The van der Waals surface area contributed by atoms with E-state index in [1.807, 2.05) is 0 Å². The third-order valence-corrected chi connectivity index (χ3v) is 6.71. The summed E-state index contributed by atoms with van der Waals surface area (Å²) in [6, 6.07) is 10.6. The highest BCUT2D eigenvalue weighted by Gasteiger charge is 2.33. The predicted octanol–water partition coefficient (Wildman–Crippen LogP) is 4.72. The molecule has 0 spiro atoms. The van der Waals surface area contributed by atoms with E-state index in [4.69, 9.17) is 4.74 Å². The van der Waals surface area contributed by atoms with Crippen LogP contribution >= 0.6 is 0 Å². The molecule has 1 aromatic heterocycles. The number of ether oxygens (including phenoxy) is 1. The van der Waals surface area contributed by atoms with E-state index in [2.05, 4.69) is 14.9 Å². The first-order chi connectivity index (χ1) is 15.7. The average Bonchev–Trinajstić information content (AvgIpc) is 2.78. The summed E-state index contributed by atoms with van der Waals surface area (Å²) in [7, 11) is -3.97. The highest BCUT2D eigenvalue weighted by Crippen LogP contribution is 2.42. The lowest BCUT2D eigenvalue weighted by Gasteiger charge is -2.28. The topological polar surface area (TPSA) is 81.2 Å². The number of anilines is 1. The molecule has 2 heterocycles. The van der Waals surface area contributed by atoms with E-state index in [1.165, 1.54) is 36.5 Å². The summed E-state index contributed by atoms with van der Waals surface area (Å²) < 4.78 is 86.0. The van der Waals surface area contributed by atoms with E-state index in [9.17, 15) is 26.0 Å². The van der Waals surface area contributed by atoms with Gasteiger partial charge in [0.1, 0.15) is 5.75 Å². The Morgan fingerprint density at radius 2 is 1.88 bits per heavy atom. The molecule has 11 heteroatoms. The molecule has 1 unspecified atom stereocenters.